The molecule has 0 fully saturated rings. The highest BCUT2D eigenvalue weighted by atomic mass is 35.5. The molecule has 0 saturated heterocycles. The maximum atomic E-state index is 13.4. The topological polar surface area (TPSA) is 46.2 Å². The van der Waals surface area contributed by atoms with Crippen molar-refractivity contribution in [2.24, 2.45) is 0 Å². The van der Waals surface area contributed by atoms with Gasteiger partial charge in [-0.15, -0.1) is 0 Å². The first-order valence-corrected chi connectivity index (χ1v) is 7.44. The summed E-state index contributed by atoms with van der Waals surface area (Å²) in [5.74, 6) is -1.31. The van der Waals surface area contributed by atoms with E-state index in [0.717, 1.165) is 18.2 Å². The first-order valence-electron chi connectivity index (χ1n) is 5.58. The summed E-state index contributed by atoms with van der Waals surface area (Å²) in [6.07, 6.45) is 0. The minimum absolute atomic E-state index is 0.00119. The van der Waals surface area contributed by atoms with Crippen molar-refractivity contribution in [3.63, 3.8) is 0 Å². The lowest BCUT2D eigenvalue weighted by molar-refractivity contribution is 0.567. The van der Waals surface area contributed by atoms with E-state index in [4.69, 9.17) is 11.6 Å². The van der Waals surface area contributed by atoms with Crippen LogP contribution in [-0.2, 0) is 16.6 Å². The fourth-order valence-electron chi connectivity index (χ4n) is 1.55. The average molecular weight is 318 g/mol. The lowest BCUT2D eigenvalue weighted by Crippen LogP contribution is -2.23. The molecule has 0 heterocycles. The third-order valence-corrected chi connectivity index (χ3v) is 4.25. The normalized spacial score (nSPS) is 11.6. The van der Waals surface area contributed by atoms with E-state index in [2.05, 4.69) is 4.72 Å². The predicted octanol–water partition coefficient (Wildman–Crippen LogP) is 3.10. The third-order valence-electron chi connectivity index (χ3n) is 2.58. The highest BCUT2D eigenvalue weighted by Crippen LogP contribution is 2.15. The number of halogens is 3. The van der Waals surface area contributed by atoms with E-state index in [9.17, 15) is 17.2 Å². The lowest BCUT2D eigenvalue weighted by Gasteiger charge is -2.08. The molecule has 0 aromatic heterocycles. The predicted molar refractivity (Wildman–Crippen MR) is 71.8 cm³/mol. The molecule has 0 unspecified atom stereocenters. The van der Waals surface area contributed by atoms with E-state index >= 15 is 0 Å². The van der Waals surface area contributed by atoms with E-state index in [1.54, 1.807) is 0 Å². The summed E-state index contributed by atoms with van der Waals surface area (Å²) < 4.78 is 52.4. The Morgan fingerprint density at radius 3 is 2.35 bits per heavy atom. The van der Waals surface area contributed by atoms with Crippen LogP contribution in [0.5, 0.6) is 0 Å². The van der Waals surface area contributed by atoms with Gasteiger partial charge in [-0.1, -0.05) is 11.6 Å². The zero-order valence-electron chi connectivity index (χ0n) is 10.1. The van der Waals surface area contributed by atoms with Crippen LogP contribution in [-0.4, -0.2) is 8.42 Å². The van der Waals surface area contributed by atoms with Crippen LogP contribution in [0.3, 0.4) is 0 Å². The second kappa shape index (κ2) is 5.87. The minimum atomic E-state index is -3.80. The molecule has 0 aliphatic heterocycles. The maximum Gasteiger partial charge on any atom is 0.240 e. The summed E-state index contributed by atoms with van der Waals surface area (Å²) in [4.78, 5) is -0.00119. The molecular weight excluding hydrogens is 308 g/mol. The standard InChI is InChI=1S/C13H10ClF2NO2S/c14-10-1-4-12(5-2-10)20(18,19)17-8-9-7-11(15)3-6-13(9)16/h1-7,17H,8H2. The Balaban J connectivity index is 2.17. The summed E-state index contributed by atoms with van der Waals surface area (Å²) in [5, 5.41) is 0.403. The highest BCUT2D eigenvalue weighted by molar-refractivity contribution is 7.89. The van der Waals surface area contributed by atoms with Crippen LogP contribution in [0, 0.1) is 11.6 Å². The van der Waals surface area contributed by atoms with Gasteiger partial charge in [0, 0.05) is 17.1 Å². The molecule has 0 aliphatic carbocycles. The van der Waals surface area contributed by atoms with Crippen LogP contribution in [0.1, 0.15) is 5.56 Å². The maximum absolute atomic E-state index is 13.4. The van der Waals surface area contributed by atoms with Crippen molar-refractivity contribution in [3.8, 4) is 0 Å². The molecule has 0 aliphatic rings. The van der Waals surface area contributed by atoms with Gasteiger partial charge >= 0.3 is 0 Å². The Bertz CT molecular complexity index is 718. The first-order chi connectivity index (χ1) is 9.38. The summed E-state index contributed by atoms with van der Waals surface area (Å²) in [5.41, 5.74) is -0.0671. The van der Waals surface area contributed by atoms with Gasteiger partial charge in [0.25, 0.3) is 0 Å². The molecular formula is C13H10ClF2NO2S. The van der Waals surface area contributed by atoms with Crippen LogP contribution < -0.4 is 4.72 Å². The Morgan fingerprint density at radius 2 is 1.70 bits per heavy atom. The number of rotatable bonds is 4. The van der Waals surface area contributed by atoms with Gasteiger partial charge in [-0.3, -0.25) is 0 Å². The van der Waals surface area contributed by atoms with Gasteiger partial charge in [-0.25, -0.2) is 21.9 Å². The molecule has 20 heavy (non-hydrogen) atoms. The Labute approximate surface area is 120 Å². The summed E-state index contributed by atoms with van der Waals surface area (Å²) in [7, 11) is -3.80. The van der Waals surface area contributed by atoms with Crippen LogP contribution >= 0.6 is 11.6 Å². The average Bonchev–Trinajstić information content (AvgIpc) is 2.40. The van der Waals surface area contributed by atoms with Crippen molar-refractivity contribution >= 4 is 21.6 Å². The van der Waals surface area contributed by atoms with E-state index in [-0.39, 0.29) is 17.0 Å². The summed E-state index contributed by atoms with van der Waals surface area (Å²) in [6.45, 7) is -0.339. The fourth-order valence-corrected chi connectivity index (χ4v) is 2.68. The molecule has 0 amide bonds. The molecule has 2 rings (SSSR count). The van der Waals surface area contributed by atoms with Gasteiger partial charge in [-0.05, 0) is 42.5 Å². The van der Waals surface area contributed by atoms with Crippen molar-refractivity contribution in [1.29, 1.82) is 0 Å². The van der Waals surface area contributed by atoms with Gasteiger partial charge in [0.1, 0.15) is 11.6 Å². The van der Waals surface area contributed by atoms with E-state index in [0.29, 0.717) is 5.02 Å². The summed E-state index contributed by atoms with van der Waals surface area (Å²) >= 11 is 5.67. The number of sulfonamides is 1. The molecule has 7 heteroatoms. The molecule has 0 atom stereocenters. The molecule has 0 spiro atoms. The molecule has 1 N–H and O–H groups in total. The van der Waals surface area contributed by atoms with Crippen molar-refractivity contribution in [1.82, 2.24) is 4.72 Å². The second-order valence-corrected chi connectivity index (χ2v) is 6.22. The third kappa shape index (κ3) is 3.53. The van der Waals surface area contributed by atoms with E-state index in [1.165, 1.54) is 24.3 Å². The van der Waals surface area contributed by atoms with Crippen molar-refractivity contribution in [2.75, 3.05) is 0 Å². The van der Waals surface area contributed by atoms with Gasteiger partial charge in [-0.2, -0.15) is 0 Å². The lowest BCUT2D eigenvalue weighted by atomic mass is 10.2. The molecule has 106 valence electrons. The molecule has 0 saturated carbocycles. The number of hydrogen-bond donors (Lipinski definition) is 1. The SMILES string of the molecule is O=S(=O)(NCc1cc(F)ccc1F)c1ccc(Cl)cc1. The molecule has 0 bridgehead atoms. The quantitative estimate of drug-likeness (QED) is 0.942. The van der Waals surface area contributed by atoms with Gasteiger partial charge in [0.05, 0.1) is 4.90 Å². The van der Waals surface area contributed by atoms with Crippen LogP contribution in [0.2, 0.25) is 5.02 Å². The smallest absolute Gasteiger partial charge is 0.207 e. The molecule has 0 radical (unpaired) electrons. The highest BCUT2D eigenvalue weighted by Gasteiger charge is 2.14. The Hall–Kier alpha value is -1.50. The van der Waals surface area contributed by atoms with Crippen LogP contribution in [0.15, 0.2) is 47.4 Å². The van der Waals surface area contributed by atoms with Gasteiger partial charge < -0.3 is 0 Å². The number of nitrogens with one attached hydrogen (secondary N) is 1. The Kier molecular flexibility index (Phi) is 4.37. The van der Waals surface area contributed by atoms with Crippen LogP contribution in [0.4, 0.5) is 8.78 Å². The second-order valence-electron chi connectivity index (χ2n) is 4.01. The van der Waals surface area contributed by atoms with E-state index < -0.39 is 21.7 Å². The van der Waals surface area contributed by atoms with Crippen molar-refractivity contribution in [2.45, 2.75) is 11.4 Å². The summed E-state index contributed by atoms with van der Waals surface area (Å²) in [6, 6.07) is 8.37. The van der Waals surface area contributed by atoms with Gasteiger partial charge in [0.15, 0.2) is 0 Å². The van der Waals surface area contributed by atoms with Crippen molar-refractivity contribution < 1.29 is 17.2 Å². The number of hydrogen-bond acceptors (Lipinski definition) is 2. The monoisotopic (exact) mass is 317 g/mol. The molecule has 3 nitrogen and oxygen atoms in total. The van der Waals surface area contributed by atoms with Gasteiger partial charge in [0.2, 0.25) is 10.0 Å². The van der Waals surface area contributed by atoms with E-state index in [1.807, 2.05) is 0 Å². The Morgan fingerprint density at radius 1 is 1.05 bits per heavy atom. The minimum Gasteiger partial charge on any atom is -0.207 e. The zero-order chi connectivity index (χ0) is 14.8. The molecule has 2 aromatic carbocycles. The molecule has 2 aromatic rings. The van der Waals surface area contributed by atoms with Crippen LogP contribution in [0.25, 0.3) is 0 Å². The van der Waals surface area contributed by atoms with Crippen molar-refractivity contribution in [3.05, 3.63) is 64.7 Å². The largest absolute Gasteiger partial charge is 0.240 e. The number of benzene rings is 2. The fraction of sp³-hybridized carbons (Fsp3) is 0.0769. The first kappa shape index (κ1) is 14.9. The zero-order valence-corrected chi connectivity index (χ0v) is 11.7.